The summed E-state index contributed by atoms with van der Waals surface area (Å²) in [5, 5.41) is 0. The summed E-state index contributed by atoms with van der Waals surface area (Å²) in [6.07, 6.45) is 9.49. The minimum atomic E-state index is 0.443. The second-order valence-corrected chi connectivity index (χ2v) is 8.51. The Bertz CT molecular complexity index is 737. The fourth-order valence-electron chi connectivity index (χ4n) is 6.09. The zero-order valence-corrected chi connectivity index (χ0v) is 14.5. The van der Waals surface area contributed by atoms with E-state index in [9.17, 15) is 4.79 Å². The molecule has 4 aliphatic rings. The van der Waals surface area contributed by atoms with Crippen molar-refractivity contribution in [2.75, 3.05) is 0 Å². The minimum absolute atomic E-state index is 0.443. The number of rotatable bonds is 4. The first-order chi connectivity index (χ1) is 12.2. The Morgan fingerprint density at radius 2 is 1.24 bits per heavy atom. The molecule has 2 heteroatoms. The maximum absolute atomic E-state index is 10.7. The standard InChI is InChI=1S/C23H24O2/c24-15-16-1-5-21(6-2-16)25-22-7-3-20(4-8-22)23-12-17-9-18(13-23)11-19(10-17)14-23/h1-8,15,17-19H,9-14H2. The topological polar surface area (TPSA) is 26.3 Å². The van der Waals surface area contributed by atoms with Crippen LogP contribution in [0.3, 0.4) is 0 Å². The number of hydrogen-bond acceptors (Lipinski definition) is 2. The second kappa shape index (κ2) is 5.72. The molecule has 25 heavy (non-hydrogen) atoms. The predicted octanol–water partition coefficient (Wildman–Crippen LogP) is 5.76. The molecule has 4 fully saturated rings. The van der Waals surface area contributed by atoms with Gasteiger partial charge in [-0.3, -0.25) is 4.79 Å². The predicted molar refractivity (Wildman–Crippen MR) is 98.2 cm³/mol. The number of carbonyl (C=O) groups excluding carboxylic acids is 1. The number of ether oxygens (including phenoxy) is 1. The van der Waals surface area contributed by atoms with Crippen molar-refractivity contribution in [2.45, 2.75) is 43.9 Å². The summed E-state index contributed by atoms with van der Waals surface area (Å²) in [6.45, 7) is 0. The zero-order valence-electron chi connectivity index (χ0n) is 14.5. The van der Waals surface area contributed by atoms with Gasteiger partial charge in [0.25, 0.3) is 0 Å². The lowest BCUT2D eigenvalue weighted by Crippen LogP contribution is -2.48. The normalized spacial score (nSPS) is 32.6. The van der Waals surface area contributed by atoms with Crippen molar-refractivity contribution in [2.24, 2.45) is 17.8 Å². The Morgan fingerprint density at radius 1 is 0.760 bits per heavy atom. The fourth-order valence-corrected chi connectivity index (χ4v) is 6.09. The number of carbonyl (C=O) groups is 1. The van der Waals surface area contributed by atoms with Crippen molar-refractivity contribution < 1.29 is 9.53 Å². The maximum atomic E-state index is 10.7. The molecule has 0 atom stereocenters. The summed E-state index contributed by atoms with van der Waals surface area (Å²) in [7, 11) is 0. The van der Waals surface area contributed by atoms with Crippen LogP contribution in [0.15, 0.2) is 48.5 Å². The van der Waals surface area contributed by atoms with Crippen LogP contribution in [0.1, 0.15) is 54.4 Å². The first-order valence-corrected chi connectivity index (χ1v) is 9.56. The van der Waals surface area contributed by atoms with Gasteiger partial charge in [-0.05, 0) is 104 Å². The molecular formula is C23H24O2. The monoisotopic (exact) mass is 332 g/mol. The Morgan fingerprint density at radius 3 is 1.72 bits per heavy atom. The van der Waals surface area contributed by atoms with Crippen LogP contribution in [-0.4, -0.2) is 6.29 Å². The molecule has 2 nitrogen and oxygen atoms in total. The molecule has 6 rings (SSSR count). The van der Waals surface area contributed by atoms with Gasteiger partial charge in [0, 0.05) is 5.56 Å². The molecule has 0 radical (unpaired) electrons. The molecule has 0 heterocycles. The Hall–Kier alpha value is -2.09. The average molecular weight is 332 g/mol. The van der Waals surface area contributed by atoms with Crippen molar-refractivity contribution in [3.05, 3.63) is 59.7 Å². The van der Waals surface area contributed by atoms with Crippen LogP contribution in [-0.2, 0) is 5.41 Å². The van der Waals surface area contributed by atoms with Crippen LogP contribution in [0.4, 0.5) is 0 Å². The minimum Gasteiger partial charge on any atom is -0.457 e. The maximum Gasteiger partial charge on any atom is 0.150 e. The molecular weight excluding hydrogens is 308 g/mol. The lowest BCUT2D eigenvalue weighted by Gasteiger charge is -2.57. The van der Waals surface area contributed by atoms with E-state index in [1.54, 1.807) is 12.1 Å². The van der Waals surface area contributed by atoms with Gasteiger partial charge in [0.2, 0.25) is 0 Å². The first kappa shape index (κ1) is 15.2. The quantitative estimate of drug-likeness (QED) is 0.665. The van der Waals surface area contributed by atoms with Crippen LogP contribution in [0.2, 0.25) is 0 Å². The van der Waals surface area contributed by atoms with E-state index < -0.39 is 0 Å². The van der Waals surface area contributed by atoms with E-state index in [0.29, 0.717) is 11.0 Å². The Kier molecular flexibility index (Phi) is 3.48. The molecule has 0 spiro atoms. The molecule has 4 bridgehead atoms. The van der Waals surface area contributed by atoms with Gasteiger partial charge in [-0.15, -0.1) is 0 Å². The molecule has 128 valence electrons. The van der Waals surface area contributed by atoms with Crippen molar-refractivity contribution >= 4 is 6.29 Å². The van der Waals surface area contributed by atoms with Crippen LogP contribution in [0.5, 0.6) is 11.5 Å². The molecule has 0 amide bonds. The fraction of sp³-hybridized carbons (Fsp3) is 0.435. The molecule has 0 aromatic heterocycles. The van der Waals surface area contributed by atoms with Gasteiger partial charge in [0.1, 0.15) is 17.8 Å². The molecule has 4 aliphatic carbocycles. The van der Waals surface area contributed by atoms with Gasteiger partial charge in [-0.25, -0.2) is 0 Å². The summed E-state index contributed by atoms with van der Waals surface area (Å²) >= 11 is 0. The smallest absolute Gasteiger partial charge is 0.150 e. The largest absolute Gasteiger partial charge is 0.457 e. The molecule has 2 aromatic carbocycles. The van der Waals surface area contributed by atoms with Crippen molar-refractivity contribution in [3.8, 4) is 11.5 Å². The summed E-state index contributed by atoms with van der Waals surface area (Å²) in [5.41, 5.74) is 2.64. The van der Waals surface area contributed by atoms with Crippen molar-refractivity contribution in [1.82, 2.24) is 0 Å². The van der Waals surface area contributed by atoms with Gasteiger partial charge in [-0.1, -0.05) is 12.1 Å². The van der Waals surface area contributed by atoms with Crippen molar-refractivity contribution in [1.29, 1.82) is 0 Å². The summed E-state index contributed by atoms with van der Waals surface area (Å²) in [5.74, 6) is 4.55. The SMILES string of the molecule is O=Cc1ccc(Oc2ccc(C34CC5CC(CC(C5)C3)C4)cc2)cc1. The Labute approximate surface area is 149 Å². The highest BCUT2D eigenvalue weighted by molar-refractivity contribution is 5.74. The summed E-state index contributed by atoms with van der Waals surface area (Å²) in [6, 6.07) is 16.1. The Balaban J connectivity index is 1.35. The third kappa shape index (κ3) is 2.68. The van der Waals surface area contributed by atoms with Gasteiger partial charge in [0.05, 0.1) is 0 Å². The first-order valence-electron chi connectivity index (χ1n) is 9.56. The van der Waals surface area contributed by atoms with E-state index in [2.05, 4.69) is 24.3 Å². The summed E-state index contributed by atoms with van der Waals surface area (Å²) in [4.78, 5) is 10.7. The van der Waals surface area contributed by atoms with Gasteiger partial charge >= 0.3 is 0 Å². The third-order valence-corrected chi connectivity index (χ3v) is 6.76. The van der Waals surface area contributed by atoms with E-state index in [1.807, 2.05) is 12.1 Å². The third-order valence-electron chi connectivity index (χ3n) is 6.76. The zero-order chi connectivity index (χ0) is 16.9. The number of hydrogen-bond donors (Lipinski definition) is 0. The van der Waals surface area contributed by atoms with Crippen LogP contribution < -0.4 is 4.74 Å². The summed E-state index contributed by atoms with van der Waals surface area (Å²) < 4.78 is 5.94. The van der Waals surface area contributed by atoms with Gasteiger partial charge in [0.15, 0.2) is 0 Å². The molecule has 4 saturated carbocycles. The lowest BCUT2D eigenvalue weighted by atomic mass is 9.48. The number of benzene rings is 2. The van der Waals surface area contributed by atoms with Gasteiger partial charge in [-0.2, -0.15) is 0 Å². The van der Waals surface area contributed by atoms with Crippen LogP contribution >= 0.6 is 0 Å². The highest BCUT2D eigenvalue weighted by Crippen LogP contribution is 2.60. The molecule has 0 aliphatic heterocycles. The second-order valence-electron chi connectivity index (χ2n) is 8.51. The van der Waals surface area contributed by atoms with E-state index in [0.717, 1.165) is 35.5 Å². The molecule has 2 aromatic rings. The highest BCUT2D eigenvalue weighted by Gasteiger charge is 2.51. The van der Waals surface area contributed by atoms with E-state index in [-0.39, 0.29) is 0 Å². The average Bonchev–Trinajstić information content (AvgIpc) is 2.62. The van der Waals surface area contributed by atoms with Gasteiger partial charge < -0.3 is 4.74 Å². The molecule has 0 N–H and O–H groups in total. The van der Waals surface area contributed by atoms with Crippen LogP contribution in [0, 0.1) is 17.8 Å². The van der Waals surface area contributed by atoms with Crippen molar-refractivity contribution in [3.63, 3.8) is 0 Å². The molecule has 0 unspecified atom stereocenters. The van der Waals surface area contributed by atoms with Crippen LogP contribution in [0.25, 0.3) is 0 Å². The van der Waals surface area contributed by atoms with E-state index >= 15 is 0 Å². The van der Waals surface area contributed by atoms with E-state index in [1.165, 1.54) is 44.1 Å². The lowest BCUT2D eigenvalue weighted by molar-refractivity contribution is -0.00519. The number of aldehydes is 1. The highest BCUT2D eigenvalue weighted by atomic mass is 16.5. The van der Waals surface area contributed by atoms with E-state index in [4.69, 9.17) is 4.74 Å². The molecule has 0 saturated heterocycles.